The van der Waals surface area contributed by atoms with Gasteiger partial charge in [-0.3, -0.25) is 9.59 Å². The second kappa shape index (κ2) is 7.68. The third kappa shape index (κ3) is 3.62. The van der Waals surface area contributed by atoms with E-state index in [1.54, 1.807) is 19.1 Å². The predicted octanol–water partition coefficient (Wildman–Crippen LogP) is 4.33. The first-order chi connectivity index (χ1) is 12.5. The summed E-state index contributed by atoms with van der Waals surface area (Å²) in [5.74, 6) is -1.41. The minimum Gasteiger partial charge on any atom is -0.481 e. The second-order valence-corrected chi connectivity index (χ2v) is 7.69. The van der Waals surface area contributed by atoms with E-state index >= 15 is 0 Å². The number of hydrogen-bond donors (Lipinski definition) is 1. The van der Waals surface area contributed by atoms with Crippen LogP contribution in [0.15, 0.2) is 47.6 Å². The molecule has 0 amide bonds. The van der Waals surface area contributed by atoms with Crippen molar-refractivity contribution in [3.8, 4) is 6.07 Å². The highest BCUT2D eigenvalue weighted by atomic mass is 32.2. The highest BCUT2D eigenvalue weighted by Crippen LogP contribution is 2.30. The van der Waals surface area contributed by atoms with E-state index in [1.165, 1.54) is 29.3 Å². The van der Waals surface area contributed by atoms with Gasteiger partial charge in [0.25, 0.3) is 0 Å². The molecule has 3 rings (SSSR count). The van der Waals surface area contributed by atoms with Gasteiger partial charge in [0.1, 0.15) is 11.1 Å². The van der Waals surface area contributed by atoms with E-state index in [9.17, 15) is 14.9 Å². The van der Waals surface area contributed by atoms with Gasteiger partial charge in [-0.05, 0) is 19.1 Å². The van der Waals surface area contributed by atoms with Gasteiger partial charge >= 0.3 is 5.97 Å². The molecule has 1 N–H and O–H groups in total. The number of thiophene rings is 1. The molecule has 3 aromatic rings. The first-order valence-electron chi connectivity index (χ1n) is 7.77. The Morgan fingerprint density at radius 1 is 1.27 bits per heavy atom. The van der Waals surface area contributed by atoms with Crippen molar-refractivity contribution in [2.75, 3.05) is 5.75 Å². The van der Waals surface area contributed by atoms with Gasteiger partial charge in [0.2, 0.25) is 0 Å². The molecular weight excluding hydrogens is 368 g/mol. The Kier molecular flexibility index (Phi) is 5.35. The molecule has 2 heterocycles. The molecule has 0 aliphatic rings. The number of carboxylic acid groups (broad SMARTS) is 1. The summed E-state index contributed by atoms with van der Waals surface area (Å²) in [6.07, 6.45) is 1.52. The zero-order valence-corrected chi connectivity index (χ0v) is 15.4. The van der Waals surface area contributed by atoms with Crippen LogP contribution in [-0.2, 0) is 4.79 Å². The summed E-state index contributed by atoms with van der Waals surface area (Å²) < 4.78 is 0. The smallest absolute Gasteiger partial charge is 0.311 e. The van der Waals surface area contributed by atoms with Crippen LogP contribution in [-0.4, -0.2) is 27.6 Å². The van der Waals surface area contributed by atoms with Crippen LogP contribution in [0.3, 0.4) is 0 Å². The van der Waals surface area contributed by atoms with Crippen molar-refractivity contribution in [2.24, 2.45) is 0 Å². The van der Waals surface area contributed by atoms with Gasteiger partial charge in [-0.2, -0.15) is 5.26 Å². The van der Waals surface area contributed by atoms with Gasteiger partial charge in [0.15, 0.2) is 5.78 Å². The fraction of sp³-hybridized carbons (Fsp3) is 0.158. The first kappa shape index (κ1) is 18.1. The number of nitrogens with zero attached hydrogens (tertiary/aromatic N) is 2. The van der Waals surface area contributed by atoms with Crippen LogP contribution in [0, 0.1) is 11.3 Å². The van der Waals surface area contributed by atoms with Crippen LogP contribution < -0.4 is 0 Å². The van der Waals surface area contributed by atoms with Crippen molar-refractivity contribution in [1.29, 1.82) is 5.26 Å². The lowest BCUT2D eigenvalue weighted by Crippen LogP contribution is -2.05. The van der Waals surface area contributed by atoms with Gasteiger partial charge in [0.05, 0.1) is 22.1 Å². The number of carbonyl (C=O) groups excluding carboxylic acids is 1. The fourth-order valence-electron chi connectivity index (χ4n) is 2.43. The lowest BCUT2D eigenvalue weighted by molar-refractivity contribution is -0.138. The molecule has 1 atom stereocenters. The second-order valence-electron chi connectivity index (χ2n) is 5.61. The monoisotopic (exact) mass is 382 g/mol. The number of nitriles is 1. The summed E-state index contributed by atoms with van der Waals surface area (Å²) in [6.45, 7) is 1.60. The van der Waals surface area contributed by atoms with E-state index in [0.717, 1.165) is 10.8 Å². The van der Waals surface area contributed by atoms with Crippen molar-refractivity contribution < 1.29 is 14.7 Å². The zero-order chi connectivity index (χ0) is 18.7. The molecule has 2 aromatic heterocycles. The van der Waals surface area contributed by atoms with Gasteiger partial charge < -0.3 is 5.11 Å². The maximum absolute atomic E-state index is 12.4. The molecule has 0 unspecified atom stereocenters. The molecule has 0 bridgehead atoms. The molecule has 26 heavy (non-hydrogen) atoms. The Hall–Kier alpha value is -2.69. The van der Waals surface area contributed by atoms with E-state index in [-0.39, 0.29) is 11.5 Å². The molecule has 130 valence electrons. The number of hydrogen-bond acceptors (Lipinski definition) is 6. The number of aliphatic carboxylic acids is 1. The number of carboxylic acids is 1. The predicted molar refractivity (Wildman–Crippen MR) is 102 cm³/mol. The Morgan fingerprint density at radius 3 is 2.69 bits per heavy atom. The Morgan fingerprint density at radius 2 is 2.00 bits per heavy atom. The number of pyridine rings is 1. The van der Waals surface area contributed by atoms with Gasteiger partial charge in [-0.25, -0.2) is 4.98 Å². The largest absolute Gasteiger partial charge is 0.481 e. The van der Waals surface area contributed by atoms with Crippen molar-refractivity contribution >= 4 is 45.6 Å². The molecule has 0 saturated heterocycles. The number of ketones is 1. The summed E-state index contributed by atoms with van der Waals surface area (Å²) in [4.78, 5) is 29.0. The minimum atomic E-state index is -0.909. The number of rotatable bonds is 6. The lowest BCUT2D eigenvalue weighted by Gasteiger charge is -2.06. The lowest BCUT2D eigenvalue weighted by atomic mass is 10.1. The van der Waals surface area contributed by atoms with E-state index in [0.29, 0.717) is 20.3 Å². The molecule has 0 aliphatic carbocycles. The van der Waals surface area contributed by atoms with Crippen LogP contribution >= 0.6 is 23.1 Å². The molecular formula is C19H14N2O3S2. The van der Waals surface area contributed by atoms with Crippen LogP contribution in [0.2, 0.25) is 0 Å². The summed E-state index contributed by atoms with van der Waals surface area (Å²) in [5.41, 5.74) is 0.502. The quantitative estimate of drug-likeness (QED) is 0.504. The SMILES string of the molecule is C[C@H](C(=O)O)c1ccc(C(=O)CSc2ncc(C#N)c3ccccc23)s1. The van der Waals surface area contributed by atoms with E-state index < -0.39 is 11.9 Å². The van der Waals surface area contributed by atoms with Crippen molar-refractivity contribution in [1.82, 2.24) is 4.98 Å². The fourth-order valence-corrected chi connectivity index (χ4v) is 4.40. The summed E-state index contributed by atoms with van der Waals surface area (Å²) in [5, 5.41) is 20.6. The molecule has 0 radical (unpaired) electrons. The van der Waals surface area contributed by atoms with E-state index in [1.807, 2.05) is 24.3 Å². The van der Waals surface area contributed by atoms with Crippen LogP contribution in [0.5, 0.6) is 0 Å². The maximum Gasteiger partial charge on any atom is 0.311 e. The third-order valence-electron chi connectivity index (χ3n) is 3.92. The molecule has 1 aromatic carbocycles. The van der Waals surface area contributed by atoms with Gasteiger partial charge in [0, 0.05) is 21.8 Å². The highest BCUT2D eigenvalue weighted by Gasteiger charge is 2.18. The summed E-state index contributed by atoms with van der Waals surface area (Å²) >= 11 is 2.53. The van der Waals surface area contributed by atoms with Gasteiger partial charge in [-0.1, -0.05) is 36.0 Å². The first-order valence-corrected chi connectivity index (χ1v) is 9.58. The molecule has 5 nitrogen and oxygen atoms in total. The van der Waals surface area contributed by atoms with Crippen molar-refractivity contribution in [2.45, 2.75) is 17.9 Å². The number of carbonyl (C=O) groups is 2. The Balaban J connectivity index is 1.78. The average Bonchev–Trinajstić information content (AvgIpc) is 3.15. The van der Waals surface area contributed by atoms with Crippen molar-refractivity contribution in [3.05, 3.63) is 57.9 Å². The maximum atomic E-state index is 12.4. The number of thioether (sulfide) groups is 1. The van der Waals surface area contributed by atoms with Crippen LogP contribution in [0.4, 0.5) is 0 Å². The zero-order valence-electron chi connectivity index (χ0n) is 13.8. The number of fused-ring (bicyclic) bond motifs is 1. The highest BCUT2D eigenvalue weighted by molar-refractivity contribution is 8.00. The van der Waals surface area contributed by atoms with Crippen LogP contribution in [0.25, 0.3) is 10.8 Å². The molecule has 0 saturated carbocycles. The molecule has 0 fully saturated rings. The summed E-state index contributed by atoms with van der Waals surface area (Å²) in [6, 6.07) is 13.0. The third-order valence-corrected chi connectivity index (χ3v) is 6.23. The Bertz CT molecular complexity index is 1040. The average molecular weight is 382 g/mol. The molecule has 0 spiro atoms. The Labute approximate surface area is 158 Å². The van der Waals surface area contributed by atoms with Crippen LogP contribution in [0.1, 0.15) is 33.0 Å². The molecule has 0 aliphatic heterocycles. The molecule has 7 heteroatoms. The number of benzene rings is 1. The standard InChI is InChI=1S/C19H14N2O3S2/c1-11(19(23)24)16-6-7-17(26-16)15(22)10-25-18-14-5-3-2-4-13(14)12(8-20)9-21-18/h2-7,9,11H,10H2,1H3,(H,23,24)/t11-/m0/s1. The summed E-state index contributed by atoms with van der Waals surface area (Å²) in [7, 11) is 0. The topological polar surface area (TPSA) is 91.0 Å². The van der Waals surface area contributed by atoms with Crippen molar-refractivity contribution in [3.63, 3.8) is 0 Å². The number of aromatic nitrogens is 1. The van der Waals surface area contributed by atoms with E-state index in [2.05, 4.69) is 11.1 Å². The number of Topliss-reactive ketones (excluding diaryl/α,β-unsaturated/α-hetero) is 1. The minimum absolute atomic E-state index is 0.0703. The normalized spacial score (nSPS) is 11.8. The van der Waals surface area contributed by atoms with E-state index in [4.69, 9.17) is 5.11 Å². The van der Waals surface area contributed by atoms with Gasteiger partial charge in [-0.15, -0.1) is 11.3 Å².